The zero-order chi connectivity index (χ0) is 15.9. The summed E-state index contributed by atoms with van der Waals surface area (Å²) in [6, 6.07) is 0. The molecular weight excluding hydrogens is 266 g/mol. The summed E-state index contributed by atoms with van der Waals surface area (Å²) in [5, 5.41) is 0. The minimum atomic E-state index is -0.422. The lowest BCUT2D eigenvalue weighted by atomic mass is 10.2. The van der Waals surface area contributed by atoms with Gasteiger partial charge in [0.05, 0.1) is 0 Å². The van der Waals surface area contributed by atoms with Crippen molar-refractivity contribution in [3.05, 3.63) is 0 Å². The van der Waals surface area contributed by atoms with Crippen LogP contribution in [-0.2, 0) is 4.74 Å². The van der Waals surface area contributed by atoms with Gasteiger partial charge in [0.1, 0.15) is 5.60 Å². The molecule has 1 heterocycles. The van der Waals surface area contributed by atoms with Gasteiger partial charge in [0.25, 0.3) is 0 Å². The first-order valence-corrected chi connectivity index (χ1v) is 8.13. The minimum Gasteiger partial charge on any atom is -0.444 e. The van der Waals surface area contributed by atoms with Gasteiger partial charge in [-0.15, -0.1) is 0 Å². The first-order valence-electron chi connectivity index (χ1n) is 8.13. The highest BCUT2D eigenvalue weighted by Gasteiger charge is 2.22. The highest BCUT2D eigenvalue weighted by atomic mass is 16.6. The van der Waals surface area contributed by atoms with Gasteiger partial charge in [-0.25, -0.2) is 4.79 Å². The number of amides is 1. The SMILES string of the molecule is CN1CCCN(C)CCCN(C(=O)OC(C)(C)C)CCC1. The maximum atomic E-state index is 12.3. The van der Waals surface area contributed by atoms with Crippen molar-refractivity contribution < 1.29 is 9.53 Å². The Morgan fingerprint density at radius 3 is 1.57 bits per heavy atom. The molecule has 1 aliphatic heterocycles. The van der Waals surface area contributed by atoms with E-state index >= 15 is 0 Å². The molecular formula is C16H33N3O2. The molecule has 1 amide bonds. The molecule has 0 bridgehead atoms. The lowest BCUT2D eigenvalue weighted by molar-refractivity contribution is 0.0235. The van der Waals surface area contributed by atoms with Gasteiger partial charge in [0.2, 0.25) is 0 Å². The lowest BCUT2D eigenvalue weighted by Gasteiger charge is -2.29. The van der Waals surface area contributed by atoms with Crippen LogP contribution in [0.3, 0.4) is 0 Å². The number of nitrogens with zero attached hydrogens (tertiary/aromatic N) is 3. The van der Waals surface area contributed by atoms with Crippen molar-refractivity contribution in [3.63, 3.8) is 0 Å². The van der Waals surface area contributed by atoms with Crippen molar-refractivity contribution >= 4 is 6.09 Å². The fourth-order valence-corrected chi connectivity index (χ4v) is 2.52. The fourth-order valence-electron chi connectivity index (χ4n) is 2.52. The molecule has 5 nitrogen and oxygen atoms in total. The van der Waals surface area contributed by atoms with Gasteiger partial charge < -0.3 is 19.4 Å². The van der Waals surface area contributed by atoms with Gasteiger partial charge in [-0.1, -0.05) is 0 Å². The van der Waals surface area contributed by atoms with E-state index in [-0.39, 0.29) is 6.09 Å². The van der Waals surface area contributed by atoms with E-state index in [9.17, 15) is 4.79 Å². The molecule has 1 rings (SSSR count). The van der Waals surface area contributed by atoms with Crippen LogP contribution in [0.15, 0.2) is 0 Å². The molecule has 5 heteroatoms. The maximum absolute atomic E-state index is 12.3. The van der Waals surface area contributed by atoms with Crippen LogP contribution in [0.1, 0.15) is 40.0 Å². The van der Waals surface area contributed by atoms with Gasteiger partial charge in [-0.2, -0.15) is 0 Å². The molecule has 1 saturated heterocycles. The summed E-state index contributed by atoms with van der Waals surface area (Å²) in [5.41, 5.74) is -0.422. The van der Waals surface area contributed by atoms with Crippen LogP contribution in [0, 0.1) is 0 Å². The summed E-state index contributed by atoms with van der Waals surface area (Å²) < 4.78 is 5.52. The van der Waals surface area contributed by atoms with Gasteiger partial charge in [0, 0.05) is 13.1 Å². The summed E-state index contributed by atoms with van der Waals surface area (Å²) in [5.74, 6) is 0. The van der Waals surface area contributed by atoms with Crippen LogP contribution < -0.4 is 0 Å². The molecule has 0 N–H and O–H groups in total. The van der Waals surface area contributed by atoms with Crippen LogP contribution in [-0.4, -0.2) is 79.8 Å². The maximum Gasteiger partial charge on any atom is 0.410 e. The van der Waals surface area contributed by atoms with Crippen LogP contribution in [0.25, 0.3) is 0 Å². The minimum absolute atomic E-state index is 0.176. The summed E-state index contributed by atoms with van der Waals surface area (Å²) in [6.07, 6.45) is 3.05. The zero-order valence-electron chi connectivity index (χ0n) is 14.5. The molecule has 0 radical (unpaired) electrons. The van der Waals surface area contributed by atoms with Gasteiger partial charge in [-0.05, 0) is 80.3 Å². The van der Waals surface area contributed by atoms with Crippen LogP contribution in [0.2, 0.25) is 0 Å². The molecule has 0 aromatic heterocycles. The van der Waals surface area contributed by atoms with E-state index in [2.05, 4.69) is 23.9 Å². The standard InChI is InChI=1S/C16H33N3O2/c1-16(2,3)21-15(20)19-13-7-11-17(4)9-6-10-18(5)12-8-14-19/h6-14H2,1-5H3. The Morgan fingerprint density at radius 1 is 0.810 bits per heavy atom. The predicted molar refractivity (Wildman–Crippen MR) is 86.7 cm³/mol. The molecule has 0 unspecified atom stereocenters. The average Bonchev–Trinajstić information content (AvgIpc) is 2.33. The second-order valence-electron chi connectivity index (χ2n) is 7.13. The zero-order valence-corrected chi connectivity index (χ0v) is 14.5. The third kappa shape index (κ3) is 8.27. The third-order valence-electron chi connectivity index (χ3n) is 3.67. The number of hydrogen-bond acceptors (Lipinski definition) is 4. The van der Waals surface area contributed by atoms with Gasteiger partial charge in [-0.3, -0.25) is 0 Å². The topological polar surface area (TPSA) is 36.0 Å². The number of rotatable bonds is 0. The van der Waals surface area contributed by atoms with Crippen LogP contribution >= 0.6 is 0 Å². The number of carbonyl (C=O) groups is 1. The monoisotopic (exact) mass is 299 g/mol. The summed E-state index contributed by atoms with van der Waals surface area (Å²) in [7, 11) is 4.31. The second-order valence-corrected chi connectivity index (χ2v) is 7.13. The predicted octanol–water partition coefficient (Wildman–Crippen LogP) is 2.27. The molecule has 0 atom stereocenters. The van der Waals surface area contributed by atoms with Crippen molar-refractivity contribution in [1.82, 2.24) is 14.7 Å². The van der Waals surface area contributed by atoms with E-state index < -0.39 is 5.60 Å². The van der Waals surface area contributed by atoms with E-state index in [1.54, 1.807) is 0 Å². The number of ether oxygens (including phenoxy) is 1. The van der Waals surface area contributed by atoms with Crippen molar-refractivity contribution in [2.45, 2.75) is 45.6 Å². The molecule has 1 fully saturated rings. The number of carbonyl (C=O) groups excluding carboxylic acids is 1. The molecule has 0 aromatic rings. The summed E-state index contributed by atoms with van der Waals surface area (Å²) in [4.78, 5) is 18.8. The first kappa shape index (κ1) is 18.2. The van der Waals surface area contributed by atoms with Crippen LogP contribution in [0.5, 0.6) is 0 Å². The van der Waals surface area contributed by atoms with Crippen molar-refractivity contribution in [3.8, 4) is 0 Å². The largest absolute Gasteiger partial charge is 0.444 e. The molecule has 1 aliphatic rings. The Kier molecular flexibility index (Phi) is 7.46. The number of hydrogen-bond donors (Lipinski definition) is 0. The lowest BCUT2D eigenvalue weighted by Crippen LogP contribution is -2.40. The summed E-state index contributed by atoms with van der Waals surface area (Å²) in [6.45, 7) is 11.6. The van der Waals surface area contributed by atoms with Gasteiger partial charge in [0.15, 0.2) is 0 Å². The second kappa shape index (κ2) is 8.59. The van der Waals surface area contributed by atoms with E-state index in [0.717, 1.165) is 52.1 Å². The highest BCUT2D eigenvalue weighted by molar-refractivity contribution is 5.68. The average molecular weight is 299 g/mol. The molecule has 0 aromatic carbocycles. The Bertz CT molecular complexity index is 299. The Balaban J connectivity index is 2.57. The molecule has 0 saturated carbocycles. The third-order valence-corrected chi connectivity index (χ3v) is 3.67. The molecule has 0 aliphatic carbocycles. The van der Waals surface area contributed by atoms with Crippen LogP contribution in [0.4, 0.5) is 4.79 Å². The van der Waals surface area contributed by atoms with E-state index in [1.807, 2.05) is 25.7 Å². The van der Waals surface area contributed by atoms with E-state index in [0.29, 0.717) is 0 Å². The quantitative estimate of drug-likeness (QED) is 0.687. The Morgan fingerprint density at radius 2 is 1.19 bits per heavy atom. The Hall–Kier alpha value is -0.810. The Labute approximate surface area is 130 Å². The smallest absolute Gasteiger partial charge is 0.410 e. The molecule has 21 heavy (non-hydrogen) atoms. The van der Waals surface area contributed by atoms with E-state index in [1.165, 1.54) is 6.42 Å². The molecule has 0 spiro atoms. The first-order chi connectivity index (χ1) is 9.78. The fraction of sp³-hybridized carbons (Fsp3) is 0.938. The van der Waals surface area contributed by atoms with E-state index in [4.69, 9.17) is 4.74 Å². The van der Waals surface area contributed by atoms with Crippen molar-refractivity contribution in [1.29, 1.82) is 0 Å². The van der Waals surface area contributed by atoms with Gasteiger partial charge >= 0.3 is 6.09 Å². The molecule has 124 valence electrons. The van der Waals surface area contributed by atoms with Crippen molar-refractivity contribution in [2.75, 3.05) is 53.4 Å². The highest BCUT2D eigenvalue weighted by Crippen LogP contribution is 2.11. The normalized spacial score (nSPS) is 21.5. The van der Waals surface area contributed by atoms with Crippen molar-refractivity contribution in [2.24, 2.45) is 0 Å². The summed E-state index contributed by atoms with van der Waals surface area (Å²) >= 11 is 0.